The molecule has 12 heavy (non-hydrogen) atoms. The van der Waals surface area contributed by atoms with Gasteiger partial charge in [-0.05, 0) is 17.2 Å². The molecule has 0 heterocycles. The molecule has 60 valence electrons. The summed E-state index contributed by atoms with van der Waals surface area (Å²) >= 11 is 0. The minimum atomic E-state index is -0.723. The van der Waals surface area contributed by atoms with Gasteiger partial charge in [-0.1, -0.05) is 24.3 Å². The first-order chi connectivity index (χ1) is 5.83. The SMILES string of the molecule is O=CC1=Cc2ccccc2[C@H]1O. The Hall–Kier alpha value is -1.41. The Bertz CT molecular complexity index is 353. The predicted octanol–water partition coefficient (Wildman–Crippen LogP) is 1.32. The first-order valence-corrected chi connectivity index (χ1v) is 3.76. The van der Waals surface area contributed by atoms with Crippen LogP contribution in [0.3, 0.4) is 0 Å². The Morgan fingerprint density at radius 3 is 2.75 bits per heavy atom. The first kappa shape index (κ1) is 7.25. The smallest absolute Gasteiger partial charge is 0.149 e. The van der Waals surface area contributed by atoms with Crippen LogP contribution in [-0.2, 0) is 4.79 Å². The molecule has 0 saturated heterocycles. The third-order valence-corrected chi connectivity index (χ3v) is 2.06. The van der Waals surface area contributed by atoms with Crippen LogP contribution in [0.2, 0.25) is 0 Å². The number of rotatable bonds is 1. The van der Waals surface area contributed by atoms with Crippen molar-refractivity contribution >= 4 is 12.4 Å². The molecule has 1 aromatic carbocycles. The predicted molar refractivity (Wildman–Crippen MR) is 45.4 cm³/mol. The zero-order valence-electron chi connectivity index (χ0n) is 6.40. The summed E-state index contributed by atoms with van der Waals surface area (Å²) in [6.07, 6.45) is 1.69. The molecule has 0 bridgehead atoms. The molecule has 0 aliphatic heterocycles. The molecule has 2 nitrogen and oxygen atoms in total. The quantitative estimate of drug-likeness (QED) is 0.629. The fourth-order valence-corrected chi connectivity index (χ4v) is 1.43. The zero-order valence-corrected chi connectivity index (χ0v) is 6.40. The van der Waals surface area contributed by atoms with Crippen LogP contribution in [0.15, 0.2) is 29.8 Å². The van der Waals surface area contributed by atoms with E-state index < -0.39 is 6.10 Å². The van der Waals surface area contributed by atoms with E-state index in [1.807, 2.05) is 24.3 Å². The second-order valence-electron chi connectivity index (χ2n) is 2.79. The lowest BCUT2D eigenvalue weighted by atomic mass is 10.1. The van der Waals surface area contributed by atoms with Gasteiger partial charge in [0, 0.05) is 5.57 Å². The molecule has 0 spiro atoms. The molecule has 1 aliphatic rings. The number of aliphatic hydroxyl groups excluding tert-OH is 1. The Labute approximate surface area is 70.2 Å². The lowest BCUT2D eigenvalue weighted by Gasteiger charge is -2.03. The summed E-state index contributed by atoms with van der Waals surface area (Å²) in [7, 11) is 0. The third kappa shape index (κ3) is 0.889. The highest BCUT2D eigenvalue weighted by atomic mass is 16.3. The monoisotopic (exact) mass is 160 g/mol. The second kappa shape index (κ2) is 2.57. The largest absolute Gasteiger partial charge is 0.384 e. The van der Waals surface area contributed by atoms with Crippen LogP contribution in [0.5, 0.6) is 0 Å². The summed E-state index contributed by atoms with van der Waals surface area (Å²) in [6.45, 7) is 0. The highest BCUT2D eigenvalue weighted by Gasteiger charge is 2.21. The Morgan fingerprint density at radius 2 is 2.08 bits per heavy atom. The van der Waals surface area contributed by atoms with Crippen molar-refractivity contribution in [2.45, 2.75) is 6.10 Å². The highest BCUT2D eigenvalue weighted by Crippen LogP contribution is 2.32. The summed E-state index contributed by atoms with van der Waals surface area (Å²) in [5, 5.41) is 9.54. The van der Waals surface area contributed by atoms with Gasteiger partial charge in [0.15, 0.2) is 0 Å². The van der Waals surface area contributed by atoms with E-state index in [9.17, 15) is 9.90 Å². The average molecular weight is 160 g/mol. The zero-order chi connectivity index (χ0) is 8.55. The van der Waals surface area contributed by atoms with Crippen LogP contribution >= 0.6 is 0 Å². The van der Waals surface area contributed by atoms with E-state index in [0.29, 0.717) is 11.9 Å². The molecule has 1 aromatic rings. The van der Waals surface area contributed by atoms with Crippen molar-refractivity contribution in [1.29, 1.82) is 0 Å². The lowest BCUT2D eigenvalue weighted by Crippen LogP contribution is -1.96. The first-order valence-electron chi connectivity index (χ1n) is 3.76. The fraction of sp³-hybridized carbons (Fsp3) is 0.100. The van der Waals surface area contributed by atoms with Gasteiger partial charge in [-0.2, -0.15) is 0 Å². The molecule has 0 aromatic heterocycles. The minimum Gasteiger partial charge on any atom is -0.384 e. The molecule has 0 unspecified atom stereocenters. The van der Waals surface area contributed by atoms with E-state index >= 15 is 0 Å². The van der Waals surface area contributed by atoms with Crippen molar-refractivity contribution in [2.75, 3.05) is 0 Å². The number of carbonyl (C=O) groups is 1. The molecule has 1 aliphatic carbocycles. The van der Waals surface area contributed by atoms with Crippen molar-refractivity contribution in [3.63, 3.8) is 0 Å². The molecule has 1 atom stereocenters. The van der Waals surface area contributed by atoms with Gasteiger partial charge in [0.25, 0.3) is 0 Å². The van der Waals surface area contributed by atoms with Gasteiger partial charge >= 0.3 is 0 Å². The van der Waals surface area contributed by atoms with Crippen LogP contribution in [0.1, 0.15) is 17.2 Å². The van der Waals surface area contributed by atoms with Crippen molar-refractivity contribution < 1.29 is 9.90 Å². The molecule has 1 N–H and O–H groups in total. The third-order valence-electron chi connectivity index (χ3n) is 2.06. The van der Waals surface area contributed by atoms with Crippen LogP contribution in [0.25, 0.3) is 6.08 Å². The number of fused-ring (bicyclic) bond motifs is 1. The Kier molecular flexibility index (Phi) is 1.55. The van der Waals surface area contributed by atoms with Gasteiger partial charge in [0.1, 0.15) is 12.4 Å². The minimum absolute atomic E-state index is 0.441. The number of carbonyl (C=O) groups excluding carboxylic acids is 1. The van der Waals surface area contributed by atoms with Gasteiger partial charge in [-0.3, -0.25) is 4.79 Å². The molecule has 2 rings (SSSR count). The van der Waals surface area contributed by atoms with E-state index in [4.69, 9.17) is 0 Å². The molecular weight excluding hydrogens is 152 g/mol. The number of benzene rings is 1. The Morgan fingerprint density at radius 1 is 1.33 bits per heavy atom. The molecular formula is C10H8O2. The maximum Gasteiger partial charge on any atom is 0.149 e. The number of hydrogen-bond acceptors (Lipinski definition) is 2. The van der Waals surface area contributed by atoms with Gasteiger partial charge < -0.3 is 5.11 Å². The molecule has 0 fully saturated rings. The van der Waals surface area contributed by atoms with Crippen molar-refractivity contribution in [1.82, 2.24) is 0 Å². The molecule has 0 amide bonds. The summed E-state index contributed by atoms with van der Waals surface area (Å²) in [5.74, 6) is 0. The lowest BCUT2D eigenvalue weighted by molar-refractivity contribution is -0.105. The standard InChI is InChI=1S/C10H8O2/c11-6-8-5-7-3-1-2-4-9(7)10(8)12/h1-6,10,12H/t10-/m0/s1. The average Bonchev–Trinajstić information content (AvgIpc) is 2.44. The van der Waals surface area contributed by atoms with Crippen LogP contribution in [0, 0.1) is 0 Å². The van der Waals surface area contributed by atoms with Crippen LogP contribution in [-0.4, -0.2) is 11.4 Å². The summed E-state index contributed by atoms with van der Waals surface area (Å²) < 4.78 is 0. The van der Waals surface area contributed by atoms with Gasteiger partial charge in [0.2, 0.25) is 0 Å². The van der Waals surface area contributed by atoms with Crippen molar-refractivity contribution in [2.24, 2.45) is 0 Å². The molecule has 0 saturated carbocycles. The fourth-order valence-electron chi connectivity index (χ4n) is 1.43. The summed E-state index contributed by atoms with van der Waals surface area (Å²) in [6, 6.07) is 7.45. The van der Waals surface area contributed by atoms with E-state index in [-0.39, 0.29) is 0 Å². The normalized spacial score (nSPS) is 20.1. The van der Waals surface area contributed by atoms with Crippen molar-refractivity contribution in [3.05, 3.63) is 41.0 Å². The van der Waals surface area contributed by atoms with Gasteiger partial charge in [-0.25, -0.2) is 0 Å². The topological polar surface area (TPSA) is 37.3 Å². The maximum atomic E-state index is 10.5. The van der Waals surface area contributed by atoms with E-state index in [1.54, 1.807) is 6.08 Å². The maximum absolute atomic E-state index is 10.5. The number of aliphatic hydroxyl groups is 1. The van der Waals surface area contributed by atoms with E-state index in [0.717, 1.165) is 11.1 Å². The van der Waals surface area contributed by atoms with Crippen LogP contribution < -0.4 is 0 Å². The van der Waals surface area contributed by atoms with Crippen LogP contribution in [0.4, 0.5) is 0 Å². The molecule has 0 radical (unpaired) electrons. The van der Waals surface area contributed by atoms with Gasteiger partial charge in [-0.15, -0.1) is 0 Å². The summed E-state index contributed by atoms with van der Waals surface area (Å²) in [4.78, 5) is 10.5. The van der Waals surface area contributed by atoms with E-state index in [1.165, 1.54) is 0 Å². The second-order valence-corrected chi connectivity index (χ2v) is 2.79. The van der Waals surface area contributed by atoms with Gasteiger partial charge in [0.05, 0.1) is 0 Å². The van der Waals surface area contributed by atoms with E-state index in [2.05, 4.69) is 0 Å². The number of hydrogen-bond donors (Lipinski definition) is 1. The van der Waals surface area contributed by atoms with Crippen molar-refractivity contribution in [3.8, 4) is 0 Å². The summed E-state index contributed by atoms with van der Waals surface area (Å²) in [5.41, 5.74) is 2.20. The highest BCUT2D eigenvalue weighted by molar-refractivity contribution is 5.87. The molecule has 2 heteroatoms. The number of aldehydes is 1. The Balaban J connectivity index is 2.54.